The molecule has 1 aliphatic heterocycles. The lowest BCUT2D eigenvalue weighted by atomic mass is 10.0. The Balaban J connectivity index is 1.60. The van der Waals surface area contributed by atoms with E-state index in [9.17, 15) is 9.59 Å². The third-order valence-electron chi connectivity index (χ3n) is 4.28. The molecule has 6 nitrogen and oxygen atoms in total. The van der Waals surface area contributed by atoms with Crippen molar-refractivity contribution in [1.29, 1.82) is 0 Å². The van der Waals surface area contributed by atoms with E-state index in [4.69, 9.17) is 22.1 Å². The summed E-state index contributed by atoms with van der Waals surface area (Å²) in [5, 5.41) is 3.77. The van der Waals surface area contributed by atoms with Crippen LogP contribution in [0, 0.1) is 6.92 Å². The highest BCUT2D eigenvalue weighted by atomic mass is 35.5. The molecule has 2 rings (SSSR count). The Kier molecular flexibility index (Phi) is 7.52. The summed E-state index contributed by atoms with van der Waals surface area (Å²) in [7, 11) is 0. The van der Waals surface area contributed by atoms with Crippen LogP contribution >= 0.6 is 11.6 Å². The van der Waals surface area contributed by atoms with Crippen LogP contribution in [0.25, 0.3) is 0 Å². The van der Waals surface area contributed by atoms with Gasteiger partial charge in [-0.15, -0.1) is 0 Å². The second kappa shape index (κ2) is 9.63. The largest absolute Gasteiger partial charge is 0.494 e. The number of ether oxygens (including phenoxy) is 1. The number of benzene rings is 1. The molecule has 1 fully saturated rings. The third kappa shape index (κ3) is 6.92. The standard InChI is InChI=1S/C18H26ClN3O3/c1-13-11-15(4-5-16(13)19)25-10-2-3-18(24)21-14-6-8-22(9-7-14)12-17(20)23/h4-5,11,14H,2-3,6-10,12H2,1H3,(H2,20,23)(H,21,24). The Labute approximate surface area is 153 Å². The minimum absolute atomic E-state index is 0.0456. The molecule has 25 heavy (non-hydrogen) atoms. The molecule has 1 aliphatic rings. The van der Waals surface area contributed by atoms with E-state index in [-0.39, 0.29) is 17.9 Å². The molecule has 0 aromatic heterocycles. The van der Waals surface area contributed by atoms with Crippen molar-refractivity contribution in [1.82, 2.24) is 10.2 Å². The number of likely N-dealkylation sites (tertiary alicyclic amines) is 1. The summed E-state index contributed by atoms with van der Waals surface area (Å²) >= 11 is 5.98. The van der Waals surface area contributed by atoms with Crippen molar-refractivity contribution in [3.05, 3.63) is 28.8 Å². The molecule has 2 amide bonds. The molecule has 0 aliphatic carbocycles. The first-order chi connectivity index (χ1) is 11.9. The van der Waals surface area contributed by atoms with E-state index < -0.39 is 0 Å². The van der Waals surface area contributed by atoms with Crippen molar-refractivity contribution < 1.29 is 14.3 Å². The van der Waals surface area contributed by atoms with Gasteiger partial charge in [-0.2, -0.15) is 0 Å². The fourth-order valence-electron chi connectivity index (χ4n) is 2.89. The summed E-state index contributed by atoms with van der Waals surface area (Å²) in [6.45, 7) is 4.28. The van der Waals surface area contributed by atoms with Crippen LogP contribution in [0.2, 0.25) is 5.02 Å². The fourth-order valence-corrected chi connectivity index (χ4v) is 3.00. The van der Waals surface area contributed by atoms with Crippen LogP contribution in [0.1, 0.15) is 31.2 Å². The van der Waals surface area contributed by atoms with E-state index in [1.165, 1.54) is 0 Å². The monoisotopic (exact) mass is 367 g/mol. The van der Waals surface area contributed by atoms with Gasteiger partial charge in [-0.1, -0.05) is 11.6 Å². The third-order valence-corrected chi connectivity index (χ3v) is 4.70. The number of piperidine rings is 1. The lowest BCUT2D eigenvalue weighted by Gasteiger charge is -2.31. The van der Waals surface area contributed by atoms with Gasteiger partial charge in [0, 0.05) is 30.6 Å². The number of carbonyl (C=O) groups is 2. The highest BCUT2D eigenvalue weighted by Gasteiger charge is 2.21. The lowest BCUT2D eigenvalue weighted by molar-refractivity contribution is -0.123. The lowest BCUT2D eigenvalue weighted by Crippen LogP contribution is -2.46. The average Bonchev–Trinajstić information content (AvgIpc) is 2.56. The van der Waals surface area contributed by atoms with Gasteiger partial charge in [0.1, 0.15) is 5.75 Å². The zero-order valence-electron chi connectivity index (χ0n) is 14.6. The Hall–Kier alpha value is -1.79. The van der Waals surface area contributed by atoms with Gasteiger partial charge in [0.15, 0.2) is 0 Å². The van der Waals surface area contributed by atoms with Crippen LogP contribution in [0.15, 0.2) is 18.2 Å². The molecule has 1 aromatic carbocycles. The zero-order chi connectivity index (χ0) is 18.2. The summed E-state index contributed by atoms with van der Waals surface area (Å²) < 4.78 is 5.64. The van der Waals surface area contributed by atoms with Crippen LogP contribution in [0.3, 0.4) is 0 Å². The Bertz CT molecular complexity index is 601. The minimum Gasteiger partial charge on any atom is -0.494 e. The first kappa shape index (κ1) is 19.5. The number of hydrogen-bond acceptors (Lipinski definition) is 4. The molecule has 0 bridgehead atoms. The number of nitrogens with two attached hydrogens (primary N) is 1. The predicted molar refractivity (Wildman–Crippen MR) is 97.7 cm³/mol. The van der Waals surface area contributed by atoms with Crippen LogP contribution in [-0.2, 0) is 9.59 Å². The first-order valence-electron chi connectivity index (χ1n) is 8.63. The number of nitrogens with one attached hydrogen (secondary N) is 1. The maximum Gasteiger partial charge on any atom is 0.231 e. The molecular formula is C18H26ClN3O3. The maximum atomic E-state index is 12.0. The number of rotatable bonds is 8. The number of carbonyl (C=O) groups excluding carboxylic acids is 2. The fraction of sp³-hybridized carbons (Fsp3) is 0.556. The number of halogens is 1. The van der Waals surface area contributed by atoms with Crippen molar-refractivity contribution in [2.45, 2.75) is 38.6 Å². The van der Waals surface area contributed by atoms with E-state index >= 15 is 0 Å². The Morgan fingerprint density at radius 1 is 1.36 bits per heavy atom. The molecule has 1 saturated heterocycles. The van der Waals surface area contributed by atoms with E-state index in [1.807, 2.05) is 30.0 Å². The molecular weight excluding hydrogens is 342 g/mol. The number of nitrogens with zero attached hydrogens (tertiary/aromatic N) is 1. The quantitative estimate of drug-likeness (QED) is 0.687. The molecule has 138 valence electrons. The second-order valence-corrected chi connectivity index (χ2v) is 6.85. The molecule has 0 atom stereocenters. The van der Waals surface area contributed by atoms with Gasteiger partial charge in [-0.25, -0.2) is 0 Å². The van der Waals surface area contributed by atoms with Gasteiger partial charge in [-0.3, -0.25) is 14.5 Å². The van der Waals surface area contributed by atoms with Crippen molar-refractivity contribution >= 4 is 23.4 Å². The number of hydrogen-bond donors (Lipinski definition) is 2. The van der Waals surface area contributed by atoms with Gasteiger partial charge in [0.2, 0.25) is 11.8 Å². The number of amides is 2. The van der Waals surface area contributed by atoms with Gasteiger partial charge < -0.3 is 15.8 Å². The van der Waals surface area contributed by atoms with Crippen LogP contribution < -0.4 is 15.8 Å². The van der Waals surface area contributed by atoms with Gasteiger partial charge in [-0.05, 0) is 49.9 Å². The van der Waals surface area contributed by atoms with Crippen molar-refractivity contribution in [2.24, 2.45) is 5.73 Å². The van der Waals surface area contributed by atoms with Crippen molar-refractivity contribution in [3.8, 4) is 5.75 Å². The maximum absolute atomic E-state index is 12.0. The van der Waals surface area contributed by atoms with E-state index in [1.54, 1.807) is 0 Å². The molecule has 1 heterocycles. The summed E-state index contributed by atoms with van der Waals surface area (Å²) in [6, 6.07) is 5.71. The Morgan fingerprint density at radius 2 is 2.08 bits per heavy atom. The predicted octanol–water partition coefficient (Wildman–Crippen LogP) is 1.87. The Morgan fingerprint density at radius 3 is 2.72 bits per heavy atom. The summed E-state index contributed by atoms with van der Waals surface area (Å²) in [5.74, 6) is 0.506. The first-order valence-corrected chi connectivity index (χ1v) is 9.01. The summed E-state index contributed by atoms with van der Waals surface area (Å²) in [5.41, 5.74) is 6.17. The summed E-state index contributed by atoms with van der Waals surface area (Å²) in [6.07, 6.45) is 2.79. The van der Waals surface area contributed by atoms with Crippen LogP contribution in [0.4, 0.5) is 0 Å². The van der Waals surface area contributed by atoms with Crippen LogP contribution in [0.5, 0.6) is 5.75 Å². The van der Waals surface area contributed by atoms with E-state index in [0.29, 0.717) is 31.0 Å². The van der Waals surface area contributed by atoms with Crippen molar-refractivity contribution in [3.63, 3.8) is 0 Å². The number of aryl methyl sites for hydroxylation is 1. The molecule has 7 heteroatoms. The van der Waals surface area contributed by atoms with Crippen LogP contribution in [-0.4, -0.2) is 49.0 Å². The zero-order valence-corrected chi connectivity index (χ0v) is 15.3. The molecule has 1 aromatic rings. The molecule has 0 radical (unpaired) electrons. The van der Waals surface area contributed by atoms with E-state index in [2.05, 4.69) is 5.32 Å². The highest BCUT2D eigenvalue weighted by Crippen LogP contribution is 2.21. The minimum atomic E-state index is -0.307. The van der Waals surface area contributed by atoms with E-state index in [0.717, 1.165) is 37.2 Å². The molecule has 3 N–H and O–H groups in total. The average molecular weight is 368 g/mol. The topological polar surface area (TPSA) is 84.7 Å². The number of primary amides is 1. The van der Waals surface area contributed by atoms with Gasteiger partial charge >= 0.3 is 0 Å². The highest BCUT2D eigenvalue weighted by molar-refractivity contribution is 6.31. The smallest absolute Gasteiger partial charge is 0.231 e. The SMILES string of the molecule is Cc1cc(OCCCC(=O)NC2CCN(CC(N)=O)CC2)ccc1Cl. The summed E-state index contributed by atoms with van der Waals surface area (Å²) in [4.78, 5) is 24.9. The molecule has 0 unspecified atom stereocenters. The normalized spacial score (nSPS) is 15.8. The molecule has 0 spiro atoms. The van der Waals surface area contributed by atoms with Gasteiger partial charge in [0.05, 0.1) is 13.2 Å². The second-order valence-electron chi connectivity index (χ2n) is 6.45. The molecule has 0 saturated carbocycles. The van der Waals surface area contributed by atoms with Gasteiger partial charge in [0.25, 0.3) is 0 Å². The van der Waals surface area contributed by atoms with Crippen molar-refractivity contribution in [2.75, 3.05) is 26.2 Å².